The molecule has 0 saturated carbocycles. The molecule has 92 valence electrons. The normalized spacial score (nSPS) is 20.8. The van der Waals surface area contributed by atoms with Crippen molar-refractivity contribution < 1.29 is 14.6 Å². The molecule has 2 unspecified atom stereocenters. The lowest BCUT2D eigenvalue weighted by molar-refractivity contribution is -0.125. The zero-order valence-corrected chi connectivity index (χ0v) is 10.1. The predicted molar refractivity (Wildman–Crippen MR) is 65.1 cm³/mol. The molecular weight excluding hydrogens is 218 g/mol. The van der Waals surface area contributed by atoms with Crippen LogP contribution in [0.5, 0.6) is 5.75 Å². The molecule has 1 aromatic carbocycles. The maximum absolute atomic E-state index is 12.1. The molecule has 1 heterocycles. The van der Waals surface area contributed by atoms with Crippen LogP contribution in [0, 0.1) is 5.92 Å². The SMILES string of the molecule is CC(CO)CN1C(=O)C(C)Oc2ccccc21. The fourth-order valence-corrected chi connectivity index (χ4v) is 1.92. The highest BCUT2D eigenvalue weighted by molar-refractivity contribution is 5.99. The zero-order chi connectivity index (χ0) is 12.4. The largest absolute Gasteiger partial charge is 0.479 e. The third kappa shape index (κ3) is 2.26. The average Bonchev–Trinajstić information content (AvgIpc) is 2.34. The van der Waals surface area contributed by atoms with Gasteiger partial charge in [-0.25, -0.2) is 0 Å². The summed E-state index contributed by atoms with van der Waals surface area (Å²) in [6, 6.07) is 7.48. The van der Waals surface area contributed by atoms with Crippen molar-refractivity contribution in [3.05, 3.63) is 24.3 Å². The van der Waals surface area contributed by atoms with E-state index < -0.39 is 6.10 Å². The molecule has 1 aromatic rings. The average molecular weight is 235 g/mol. The topological polar surface area (TPSA) is 49.8 Å². The molecule has 4 heteroatoms. The number of aliphatic hydroxyl groups excluding tert-OH is 1. The second-order valence-corrected chi connectivity index (χ2v) is 4.46. The number of para-hydroxylation sites is 2. The Bertz CT molecular complexity index is 419. The van der Waals surface area contributed by atoms with Crippen LogP contribution in [0.4, 0.5) is 5.69 Å². The maximum atomic E-state index is 12.1. The minimum Gasteiger partial charge on any atom is -0.479 e. The Kier molecular flexibility index (Phi) is 3.33. The van der Waals surface area contributed by atoms with E-state index in [-0.39, 0.29) is 18.4 Å². The lowest BCUT2D eigenvalue weighted by Crippen LogP contribution is -2.46. The molecule has 0 fully saturated rings. The molecular formula is C13H17NO3. The van der Waals surface area contributed by atoms with E-state index >= 15 is 0 Å². The lowest BCUT2D eigenvalue weighted by Gasteiger charge is -2.34. The quantitative estimate of drug-likeness (QED) is 0.862. The fourth-order valence-electron chi connectivity index (χ4n) is 1.92. The third-order valence-electron chi connectivity index (χ3n) is 2.88. The summed E-state index contributed by atoms with van der Waals surface area (Å²) in [5.74, 6) is 0.728. The summed E-state index contributed by atoms with van der Waals surface area (Å²) in [5.41, 5.74) is 0.788. The number of aliphatic hydroxyl groups is 1. The van der Waals surface area contributed by atoms with E-state index in [0.717, 1.165) is 11.4 Å². The van der Waals surface area contributed by atoms with Gasteiger partial charge in [-0.2, -0.15) is 0 Å². The number of fused-ring (bicyclic) bond motifs is 1. The van der Waals surface area contributed by atoms with Gasteiger partial charge in [0.2, 0.25) is 0 Å². The summed E-state index contributed by atoms with van der Waals surface area (Å²) < 4.78 is 5.54. The van der Waals surface area contributed by atoms with Crippen molar-refractivity contribution in [1.82, 2.24) is 0 Å². The van der Waals surface area contributed by atoms with E-state index in [1.165, 1.54) is 0 Å². The molecule has 1 N–H and O–H groups in total. The highest BCUT2D eigenvalue weighted by atomic mass is 16.5. The molecule has 0 spiro atoms. The lowest BCUT2D eigenvalue weighted by atomic mass is 10.1. The first kappa shape index (κ1) is 11.9. The minimum absolute atomic E-state index is 0.0519. The monoisotopic (exact) mass is 235 g/mol. The van der Waals surface area contributed by atoms with Crippen molar-refractivity contribution in [3.8, 4) is 5.75 Å². The van der Waals surface area contributed by atoms with E-state index in [9.17, 15) is 4.79 Å². The number of anilines is 1. The van der Waals surface area contributed by atoms with Gasteiger partial charge in [-0.05, 0) is 25.0 Å². The fraction of sp³-hybridized carbons (Fsp3) is 0.462. The van der Waals surface area contributed by atoms with Crippen molar-refractivity contribution in [2.75, 3.05) is 18.1 Å². The Labute approximate surface area is 101 Å². The smallest absolute Gasteiger partial charge is 0.267 e. The van der Waals surface area contributed by atoms with Crippen molar-refractivity contribution in [1.29, 1.82) is 0 Å². The molecule has 1 aliphatic rings. The van der Waals surface area contributed by atoms with Crippen molar-refractivity contribution >= 4 is 11.6 Å². The number of nitrogens with zero attached hydrogens (tertiary/aromatic N) is 1. The Morgan fingerprint density at radius 1 is 1.47 bits per heavy atom. The Morgan fingerprint density at radius 3 is 2.88 bits per heavy atom. The number of hydrogen-bond acceptors (Lipinski definition) is 3. The van der Waals surface area contributed by atoms with E-state index in [4.69, 9.17) is 9.84 Å². The van der Waals surface area contributed by atoms with Gasteiger partial charge in [-0.3, -0.25) is 4.79 Å². The standard InChI is InChI=1S/C13H17NO3/c1-9(8-15)7-14-11-5-3-4-6-12(11)17-10(2)13(14)16/h3-6,9-10,15H,7-8H2,1-2H3. The van der Waals surface area contributed by atoms with Gasteiger partial charge in [-0.15, -0.1) is 0 Å². The summed E-state index contributed by atoms with van der Waals surface area (Å²) >= 11 is 0. The second kappa shape index (κ2) is 4.75. The summed E-state index contributed by atoms with van der Waals surface area (Å²) in [7, 11) is 0. The third-order valence-corrected chi connectivity index (χ3v) is 2.88. The van der Waals surface area contributed by atoms with E-state index in [1.807, 2.05) is 31.2 Å². The van der Waals surface area contributed by atoms with Gasteiger partial charge in [0.25, 0.3) is 5.91 Å². The molecule has 2 rings (SSSR count). The Morgan fingerprint density at radius 2 is 2.18 bits per heavy atom. The van der Waals surface area contributed by atoms with Gasteiger partial charge >= 0.3 is 0 Å². The molecule has 0 aliphatic carbocycles. The van der Waals surface area contributed by atoms with Crippen LogP contribution in [0.15, 0.2) is 24.3 Å². The van der Waals surface area contributed by atoms with E-state index in [2.05, 4.69) is 0 Å². The molecule has 0 saturated heterocycles. The van der Waals surface area contributed by atoms with Crippen LogP contribution < -0.4 is 9.64 Å². The zero-order valence-electron chi connectivity index (χ0n) is 10.1. The van der Waals surface area contributed by atoms with E-state index in [1.54, 1.807) is 11.8 Å². The first-order valence-corrected chi connectivity index (χ1v) is 5.81. The summed E-state index contributed by atoms with van der Waals surface area (Å²) in [6.45, 7) is 4.24. The highest BCUT2D eigenvalue weighted by Gasteiger charge is 2.31. The molecule has 0 radical (unpaired) electrons. The van der Waals surface area contributed by atoms with Crippen molar-refractivity contribution in [2.45, 2.75) is 20.0 Å². The van der Waals surface area contributed by atoms with Crippen LogP contribution in [0.25, 0.3) is 0 Å². The van der Waals surface area contributed by atoms with Gasteiger partial charge in [0, 0.05) is 13.2 Å². The van der Waals surface area contributed by atoms with Crippen LogP contribution in [0.2, 0.25) is 0 Å². The van der Waals surface area contributed by atoms with Crippen LogP contribution in [0.3, 0.4) is 0 Å². The number of carbonyl (C=O) groups is 1. The predicted octanol–water partition coefficient (Wildman–Crippen LogP) is 1.43. The molecule has 0 bridgehead atoms. The number of benzene rings is 1. The number of carbonyl (C=O) groups excluding carboxylic acids is 1. The number of amides is 1. The molecule has 2 atom stereocenters. The van der Waals surface area contributed by atoms with Gasteiger partial charge in [0.1, 0.15) is 5.75 Å². The van der Waals surface area contributed by atoms with Gasteiger partial charge < -0.3 is 14.7 Å². The van der Waals surface area contributed by atoms with Gasteiger partial charge in [0.05, 0.1) is 5.69 Å². The van der Waals surface area contributed by atoms with E-state index in [0.29, 0.717) is 6.54 Å². The number of hydrogen-bond donors (Lipinski definition) is 1. The second-order valence-electron chi connectivity index (χ2n) is 4.46. The Balaban J connectivity index is 2.32. The minimum atomic E-state index is -0.462. The first-order chi connectivity index (χ1) is 8.13. The summed E-state index contributed by atoms with van der Waals surface area (Å²) in [6.07, 6.45) is -0.462. The molecule has 1 aliphatic heterocycles. The van der Waals surface area contributed by atoms with Crippen LogP contribution in [-0.2, 0) is 4.79 Å². The van der Waals surface area contributed by atoms with Crippen LogP contribution in [-0.4, -0.2) is 30.3 Å². The van der Waals surface area contributed by atoms with Crippen molar-refractivity contribution in [3.63, 3.8) is 0 Å². The van der Waals surface area contributed by atoms with Crippen LogP contribution >= 0.6 is 0 Å². The highest BCUT2D eigenvalue weighted by Crippen LogP contribution is 2.33. The van der Waals surface area contributed by atoms with Crippen LogP contribution in [0.1, 0.15) is 13.8 Å². The summed E-state index contributed by atoms with van der Waals surface area (Å²) in [4.78, 5) is 13.8. The summed E-state index contributed by atoms with van der Waals surface area (Å²) in [5, 5.41) is 9.10. The van der Waals surface area contributed by atoms with Gasteiger partial charge in [0.15, 0.2) is 6.10 Å². The number of rotatable bonds is 3. The van der Waals surface area contributed by atoms with Gasteiger partial charge in [-0.1, -0.05) is 19.1 Å². The van der Waals surface area contributed by atoms with Crippen molar-refractivity contribution in [2.24, 2.45) is 5.92 Å². The Hall–Kier alpha value is -1.55. The number of ether oxygens (including phenoxy) is 1. The maximum Gasteiger partial charge on any atom is 0.267 e. The molecule has 4 nitrogen and oxygen atoms in total. The first-order valence-electron chi connectivity index (χ1n) is 5.81. The molecule has 1 amide bonds. The molecule has 0 aromatic heterocycles. The molecule has 17 heavy (non-hydrogen) atoms.